The molecule has 1 unspecified atom stereocenters. The van der Waals surface area contributed by atoms with Crippen molar-refractivity contribution < 1.29 is 28.8 Å². The van der Waals surface area contributed by atoms with Crippen LogP contribution in [-0.2, 0) is 23.0 Å². The summed E-state index contributed by atoms with van der Waals surface area (Å²) in [6.07, 6.45) is 12.3. The molecule has 0 radical (unpaired) electrons. The highest BCUT2D eigenvalue weighted by Crippen LogP contribution is 2.41. The van der Waals surface area contributed by atoms with Crippen molar-refractivity contribution >= 4 is 5.97 Å². The molecule has 1 N–H and O–H groups in total. The Bertz CT molecular complexity index is 1410. The molecule has 0 saturated carbocycles. The molecule has 0 amide bonds. The van der Waals surface area contributed by atoms with Crippen molar-refractivity contribution in [2.45, 2.75) is 58.3 Å². The second kappa shape index (κ2) is 13.9. The number of hydrogen-bond donors (Lipinski definition) is 1. The third-order valence-corrected chi connectivity index (χ3v) is 7.33. The molecule has 1 aliphatic carbocycles. The van der Waals surface area contributed by atoms with E-state index >= 15 is 0 Å². The number of aromatic hydroxyl groups is 1. The molecular weight excluding hydrogens is 516 g/mol. The third kappa shape index (κ3) is 7.12. The van der Waals surface area contributed by atoms with Crippen LogP contribution >= 0.6 is 0 Å². The predicted molar refractivity (Wildman–Crippen MR) is 162 cm³/mol. The Morgan fingerprint density at radius 3 is 2.37 bits per heavy atom. The first kappa shape index (κ1) is 29.8. The number of para-hydroxylation sites is 1. The SMILES string of the molecule is CCCc1c(OCCCOc2cc(O)c(C3(C)C=CC=CC3)cc2CC)cccc1Oc1ccccc1C(=O)OC. The van der Waals surface area contributed by atoms with Gasteiger partial charge in [-0.15, -0.1) is 0 Å². The van der Waals surface area contributed by atoms with E-state index in [-0.39, 0.29) is 11.2 Å². The molecule has 3 aromatic carbocycles. The van der Waals surface area contributed by atoms with Crippen LogP contribution in [0.4, 0.5) is 0 Å². The maximum absolute atomic E-state index is 12.2. The summed E-state index contributed by atoms with van der Waals surface area (Å²) in [4.78, 5) is 12.2. The first-order valence-electron chi connectivity index (χ1n) is 14.3. The summed E-state index contributed by atoms with van der Waals surface area (Å²) in [5.74, 6) is 2.35. The molecule has 1 atom stereocenters. The molecule has 216 valence electrons. The Balaban J connectivity index is 1.40. The Hall–Kier alpha value is -4.19. The first-order valence-corrected chi connectivity index (χ1v) is 14.3. The number of aryl methyl sites for hydroxylation is 1. The van der Waals surface area contributed by atoms with E-state index in [0.717, 1.165) is 48.1 Å². The molecule has 41 heavy (non-hydrogen) atoms. The van der Waals surface area contributed by atoms with Crippen LogP contribution in [0.3, 0.4) is 0 Å². The van der Waals surface area contributed by atoms with Gasteiger partial charge in [0.2, 0.25) is 0 Å². The van der Waals surface area contributed by atoms with Crippen LogP contribution in [0.25, 0.3) is 0 Å². The standard InChI is InChI=1S/C35H40O6/c1-5-14-26-30(17-12-18-31(26)41-32-16-9-8-15-27(32)34(37)38-4)39-21-13-22-40-33-24-29(36)28(23-25(33)6-2)35(3)19-10-7-11-20-35/h7-12,15-19,23-24,36H,5-6,13-14,20-22H2,1-4H3. The molecule has 3 aromatic rings. The number of methoxy groups -OCH3 is 1. The number of hydrogen-bond acceptors (Lipinski definition) is 6. The third-order valence-electron chi connectivity index (χ3n) is 7.33. The molecule has 0 bridgehead atoms. The summed E-state index contributed by atoms with van der Waals surface area (Å²) in [6.45, 7) is 7.25. The number of phenols is 1. The van der Waals surface area contributed by atoms with Gasteiger partial charge in [-0.1, -0.05) is 69.7 Å². The first-order chi connectivity index (χ1) is 19.9. The zero-order valence-corrected chi connectivity index (χ0v) is 24.4. The lowest BCUT2D eigenvalue weighted by molar-refractivity contribution is 0.0598. The van der Waals surface area contributed by atoms with Gasteiger partial charge in [-0.2, -0.15) is 0 Å². The molecule has 0 aromatic heterocycles. The highest BCUT2D eigenvalue weighted by atomic mass is 16.5. The maximum atomic E-state index is 12.2. The van der Waals surface area contributed by atoms with Gasteiger partial charge in [-0.25, -0.2) is 4.79 Å². The highest BCUT2D eigenvalue weighted by Gasteiger charge is 2.28. The van der Waals surface area contributed by atoms with Crippen molar-refractivity contribution in [1.29, 1.82) is 0 Å². The van der Waals surface area contributed by atoms with E-state index in [0.29, 0.717) is 42.4 Å². The highest BCUT2D eigenvalue weighted by molar-refractivity contribution is 5.92. The minimum absolute atomic E-state index is 0.231. The molecule has 0 spiro atoms. The molecule has 6 nitrogen and oxygen atoms in total. The monoisotopic (exact) mass is 556 g/mol. The van der Waals surface area contributed by atoms with E-state index in [2.05, 4.69) is 39.0 Å². The molecule has 0 saturated heterocycles. The zero-order chi connectivity index (χ0) is 29.2. The Labute approximate surface area is 243 Å². The maximum Gasteiger partial charge on any atom is 0.341 e. The Kier molecular flexibility index (Phi) is 10.1. The van der Waals surface area contributed by atoms with Gasteiger partial charge >= 0.3 is 5.97 Å². The van der Waals surface area contributed by atoms with Crippen molar-refractivity contribution in [1.82, 2.24) is 0 Å². The minimum atomic E-state index is -0.448. The summed E-state index contributed by atoms with van der Waals surface area (Å²) in [7, 11) is 1.35. The van der Waals surface area contributed by atoms with E-state index in [1.165, 1.54) is 7.11 Å². The van der Waals surface area contributed by atoms with E-state index in [1.807, 2.05) is 36.4 Å². The summed E-state index contributed by atoms with van der Waals surface area (Å²) in [5.41, 5.74) is 3.08. The van der Waals surface area contributed by atoms with E-state index in [1.54, 1.807) is 24.3 Å². The van der Waals surface area contributed by atoms with Crippen LogP contribution < -0.4 is 14.2 Å². The van der Waals surface area contributed by atoms with Gasteiger partial charge < -0.3 is 24.1 Å². The van der Waals surface area contributed by atoms with Crippen molar-refractivity contribution in [3.63, 3.8) is 0 Å². The number of esters is 1. The predicted octanol–water partition coefficient (Wildman–Crippen LogP) is 8.11. The Morgan fingerprint density at radius 1 is 0.927 bits per heavy atom. The lowest BCUT2D eigenvalue weighted by Gasteiger charge is -2.29. The van der Waals surface area contributed by atoms with Crippen LogP contribution in [0.1, 0.15) is 67.1 Å². The summed E-state index contributed by atoms with van der Waals surface area (Å²) >= 11 is 0. The number of ether oxygens (including phenoxy) is 4. The van der Waals surface area contributed by atoms with Crippen molar-refractivity contribution in [3.05, 3.63) is 101 Å². The second-order valence-electron chi connectivity index (χ2n) is 10.4. The van der Waals surface area contributed by atoms with Gasteiger partial charge in [-0.3, -0.25) is 0 Å². The topological polar surface area (TPSA) is 74.2 Å². The summed E-state index contributed by atoms with van der Waals surface area (Å²) in [5, 5.41) is 10.9. The number of allylic oxidation sites excluding steroid dienone is 4. The molecule has 6 heteroatoms. The number of carbonyl (C=O) groups excluding carboxylic acids is 1. The smallest absolute Gasteiger partial charge is 0.341 e. The average molecular weight is 557 g/mol. The fourth-order valence-corrected chi connectivity index (χ4v) is 5.06. The largest absolute Gasteiger partial charge is 0.507 e. The number of rotatable bonds is 13. The number of carbonyl (C=O) groups is 1. The summed E-state index contributed by atoms with van der Waals surface area (Å²) < 4.78 is 23.4. The van der Waals surface area contributed by atoms with Crippen LogP contribution in [0.15, 0.2) is 78.9 Å². The van der Waals surface area contributed by atoms with E-state index < -0.39 is 5.97 Å². The fraction of sp³-hybridized carbons (Fsp3) is 0.343. The molecule has 1 aliphatic rings. The minimum Gasteiger partial charge on any atom is -0.507 e. The molecule has 4 rings (SSSR count). The molecule has 0 heterocycles. The normalized spacial score (nSPS) is 15.9. The quantitative estimate of drug-likeness (QED) is 0.169. The fourth-order valence-electron chi connectivity index (χ4n) is 5.06. The molecular formula is C35H40O6. The van der Waals surface area contributed by atoms with Gasteiger partial charge in [0.1, 0.15) is 34.3 Å². The van der Waals surface area contributed by atoms with Gasteiger partial charge in [0, 0.05) is 29.0 Å². The van der Waals surface area contributed by atoms with Crippen molar-refractivity contribution in [2.24, 2.45) is 0 Å². The number of phenolic OH excluding ortho intramolecular Hbond substituents is 1. The van der Waals surface area contributed by atoms with Gasteiger partial charge in [0.15, 0.2) is 0 Å². The van der Waals surface area contributed by atoms with Gasteiger partial charge in [-0.05, 0) is 55.2 Å². The summed E-state index contributed by atoms with van der Waals surface area (Å²) in [6, 6.07) is 16.6. The van der Waals surface area contributed by atoms with Crippen LogP contribution in [0, 0.1) is 0 Å². The van der Waals surface area contributed by atoms with Crippen LogP contribution in [0.2, 0.25) is 0 Å². The lowest BCUT2D eigenvalue weighted by Crippen LogP contribution is -2.20. The van der Waals surface area contributed by atoms with E-state index in [9.17, 15) is 9.90 Å². The average Bonchev–Trinajstić information content (AvgIpc) is 2.98. The van der Waals surface area contributed by atoms with Gasteiger partial charge in [0.05, 0.1) is 20.3 Å². The van der Waals surface area contributed by atoms with Crippen LogP contribution in [-0.4, -0.2) is 31.4 Å². The second-order valence-corrected chi connectivity index (χ2v) is 10.4. The van der Waals surface area contributed by atoms with E-state index in [4.69, 9.17) is 18.9 Å². The Morgan fingerprint density at radius 2 is 1.66 bits per heavy atom. The number of benzene rings is 3. The van der Waals surface area contributed by atoms with Crippen LogP contribution in [0.5, 0.6) is 28.7 Å². The lowest BCUT2D eigenvalue weighted by atomic mass is 9.76. The zero-order valence-electron chi connectivity index (χ0n) is 24.4. The molecule has 0 aliphatic heterocycles. The van der Waals surface area contributed by atoms with Crippen molar-refractivity contribution in [2.75, 3.05) is 20.3 Å². The molecule has 0 fully saturated rings. The van der Waals surface area contributed by atoms with Gasteiger partial charge in [0.25, 0.3) is 0 Å². The van der Waals surface area contributed by atoms with Crippen molar-refractivity contribution in [3.8, 4) is 28.7 Å².